The molecular formula is C20H22N6O2. The molecule has 5 N–H and O–H groups in total. The number of aromatic amines is 1. The molecule has 2 atom stereocenters. The van der Waals surface area contributed by atoms with Crippen molar-refractivity contribution in [3.8, 4) is 0 Å². The molecule has 1 aromatic carbocycles. The second-order valence-corrected chi connectivity index (χ2v) is 7.31. The molecular weight excluding hydrogens is 356 g/mol. The molecule has 4 heterocycles. The van der Waals surface area contributed by atoms with Crippen molar-refractivity contribution in [3.63, 3.8) is 0 Å². The van der Waals surface area contributed by atoms with Crippen LogP contribution < -0.4 is 11.1 Å². The second-order valence-electron chi connectivity index (χ2n) is 7.31. The van der Waals surface area contributed by atoms with Crippen molar-refractivity contribution in [2.45, 2.75) is 25.1 Å². The number of aliphatic hydroxyl groups excluding tert-OH is 1. The van der Waals surface area contributed by atoms with E-state index in [1.807, 2.05) is 30.5 Å². The summed E-state index contributed by atoms with van der Waals surface area (Å²) < 4.78 is 5.41. The number of anilines is 2. The highest BCUT2D eigenvalue weighted by molar-refractivity contribution is 5.93. The van der Waals surface area contributed by atoms with E-state index in [2.05, 4.69) is 25.2 Å². The van der Waals surface area contributed by atoms with Crippen molar-refractivity contribution in [2.75, 3.05) is 18.4 Å². The maximum absolute atomic E-state index is 10.1. The van der Waals surface area contributed by atoms with E-state index in [0.29, 0.717) is 13.1 Å². The Kier molecular flexibility index (Phi) is 4.23. The number of aromatic nitrogens is 3. The predicted octanol–water partition coefficient (Wildman–Crippen LogP) is 2.34. The van der Waals surface area contributed by atoms with E-state index in [9.17, 15) is 5.11 Å². The third-order valence-corrected chi connectivity index (χ3v) is 5.38. The van der Waals surface area contributed by atoms with Gasteiger partial charge in [-0.25, -0.2) is 9.97 Å². The summed E-state index contributed by atoms with van der Waals surface area (Å²) in [4.78, 5) is 14.3. The van der Waals surface area contributed by atoms with Gasteiger partial charge in [-0.05, 0) is 36.2 Å². The molecule has 2 unspecified atom stereocenters. The van der Waals surface area contributed by atoms with Gasteiger partial charge in [0.05, 0.1) is 17.8 Å². The van der Waals surface area contributed by atoms with Gasteiger partial charge in [0.1, 0.15) is 23.4 Å². The van der Waals surface area contributed by atoms with E-state index < -0.39 is 6.10 Å². The van der Waals surface area contributed by atoms with Crippen molar-refractivity contribution in [2.24, 2.45) is 5.73 Å². The van der Waals surface area contributed by atoms with Gasteiger partial charge in [-0.1, -0.05) is 0 Å². The zero-order valence-electron chi connectivity index (χ0n) is 15.3. The van der Waals surface area contributed by atoms with Crippen LogP contribution in [0.5, 0.6) is 0 Å². The smallest absolute Gasteiger partial charge is 0.143 e. The summed E-state index contributed by atoms with van der Waals surface area (Å²) >= 11 is 0. The number of nitrogens with two attached hydrogens (primary N) is 1. The van der Waals surface area contributed by atoms with E-state index in [0.717, 1.165) is 52.0 Å². The van der Waals surface area contributed by atoms with Crippen LogP contribution in [0.1, 0.15) is 12.0 Å². The third kappa shape index (κ3) is 3.11. The van der Waals surface area contributed by atoms with Crippen LogP contribution in [0.25, 0.3) is 22.0 Å². The van der Waals surface area contributed by atoms with Crippen LogP contribution in [0.2, 0.25) is 0 Å². The number of H-pyrrole nitrogens is 1. The first-order valence-corrected chi connectivity index (χ1v) is 9.38. The number of likely N-dealkylation sites (tertiary alicyclic amines) is 1. The van der Waals surface area contributed by atoms with Gasteiger partial charge in [0.15, 0.2) is 0 Å². The van der Waals surface area contributed by atoms with Crippen molar-refractivity contribution < 1.29 is 9.52 Å². The largest absolute Gasteiger partial charge is 0.464 e. The number of hydrogen-bond acceptors (Lipinski definition) is 7. The molecule has 0 spiro atoms. The Morgan fingerprint density at radius 1 is 1.32 bits per heavy atom. The maximum atomic E-state index is 10.1. The third-order valence-electron chi connectivity index (χ3n) is 5.38. The summed E-state index contributed by atoms with van der Waals surface area (Å²) in [6.07, 6.45) is 5.49. The van der Waals surface area contributed by atoms with E-state index in [4.69, 9.17) is 10.2 Å². The minimum atomic E-state index is -0.491. The first-order valence-electron chi connectivity index (χ1n) is 9.38. The maximum Gasteiger partial charge on any atom is 0.143 e. The van der Waals surface area contributed by atoms with Gasteiger partial charge < -0.3 is 25.6 Å². The number of nitrogens with zero attached hydrogens (tertiary/aromatic N) is 3. The molecule has 3 aromatic heterocycles. The van der Waals surface area contributed by atoms with E-state index in [-0.39, 0.29) is 6.04 Å². The number of nitrogens with one attached hydrogen (secondary N) is 2. The van der Waals surface area contributed by atoms with Crippen molar-refractivity contribution in [1.82, 2.24) is 19.9 Å². The van der Waals surface area contributed by atoms with Crippen LogP contribution in [-0.2, 0) is 6.54 Å². The standard InChI is InChI=1S/C20H22N6O2/c21-15-3-5-26(10-16(15)27)9-13-8-22-19-18(13)20(24-11-23-19)25-14-1-2-17-12(7-14)4-6-28-17/h1-2,4,6-8,11,15-16,27H,3,5,9-10,21H2,(H2,22,23,24,25). The number of hydrogen-bond donors (Lipinski definition) is 4. The highest BCUT2D eigenvalue weighted by Crippen LogP contribution is 2.29. The lowest BCUT2D eigenvalue weighted by Crippen LogP contribution is -2.50. The molecule has 144 valence electrons. The molecule has 1 aliphatic heterocycles. The fourth-order valence-electron chi connectivity index (χ4n) is 3.83. The fourth-order valence-corrected chi connectivity index (χ4v) is 3.83. The summed E-state index contributed by atoms with van der Waals surface area (Å²) in [5, 5.41) is 15.5. The number of furan rings is 1. The average molecular weight is 378 g/mol. The Balaban J connectivity index is 1.45. The van der Waals surface area contributed by atoms with Gasteiger partial charge >= 0.3 is 0 Å². The van der Waals surface area contributed by atoms with Gasteiger partial charge in [-0.2, -0.15) is 0 Å². The van der Waals surface area contributed by atoms with Crippen molar-refractivity contribution in [1.29, 1.82) is 0 Å². The number of aliphatic hydroxyl groups is 1. The molecule has 0 amide bonds. The average Bonchev–Trinajstić information content (AvgIpc) is 3.32. The van der Waals surface area contributed by atoms with Gasteiger partial charge in [-0.3, -0.25) is 4.90 Å². The SMILES string of the molecule is NC1CCN(Cc2c[nH]c3ncnc(Nc4ccc5occc5c4)c23)CC1O. The predicted molar refractivity (Wildman–Crippen MR) is 107 cm³/mol. The highest BCUT2D eigenvalue weighted by atomic mass is 16.3. The van der Waals surface area contributed by atoms with Crippen molar-refractivity contribution in [3.05, 3.63) is 48.6 Å². The first-order chi connectivity index (χ1) is 13.7. The first kappa shape index (κ1) is 17.2. The zero-order chi connectivity index (χ0) is 19.1. The van der Waals surface area contributed by atoms with Gasteiger partial charge in [0.2, 0.25) is 0 Å². The molecule has 5 rings (SSSR count). The van der Waals surface area contributed by atoms with Gasteiger partial charge in [-0.15, -0.1) is 0 Å². The molecule has 1 fully saturated rings. The molecule has 0 bridgehead atoms. The quantitative estimate of drug-likeness (QED) is 0.431. The molecule has 28 heavy (non-hydrogen) atoms. The summed E-state index contributed by atoms with van der Waals surface area (Å²) in [7, 11) is 0. The highest BCUT2D eigenvalue weighted by Gasteiger charge is 2.25. The molecule has 8 heteroatoms. The lowest BCUT2D eigenvalue weighted by atomic mass is 10.0. The lowest BCUT2D eigenvalue weighted by Gasteiger charge is -2.33. The fraction of sp³-hybridized carbons (Fsp3) is 0.300. The molecule has 8 nitrogen and oxygen atoms in total. The van der Waals surface area contributed by atoms with Crippen LogP contribution in [0.3, 0.4) is 0 Å². The summed E-state index contributed by atoms with van der Waals surface area (Å²) in [5.74, 6) is 0.748. The van der Waals surface area contributed by atoms with E-state index in [1.165, 1.54) is 0 Å². The minimum absolute atomic E-state index is 0.141. The number of rotatable bonds is 4. The zero-order valence-corrected chi connectivity index (χ0v) is 15.3. The van der Waals surface area contributed by atoms with Crippen molar-refractivity contribution >= 4 is 33.5 Å². The summed E-state index contributed by atoms with van der Waals surface area (Å²) in [5.41, 5.74) is 9.58. The van der Waals surface area contributed by atoms with Crippen LogP contribution in [0.15, 0.2) is 47.5 Å². The van der Waals surface area contributed by atoms with Crippen LogP contribution >= 0.6 is 0 Å². The Morgan fingerprint density at radius 3 is 3.14 bits per heavy atom. The summed E-state index contributed by atoms with van der Waals surface area (Å²) in [6.45, 7) is 2.13. The molecule has 1 saturated heterocycles. The normalized spacial score (nSPS) is 20.8. The van der Waals surface area contributed by atoms with Crippen LogP contribution in [0.4, 0.5) is 11.5 Å². The topological polar surface area (TPSA) is 116 Å². The monoisotopic (exact) mass is 378 g/mol. The van der Waals surface area contributed by atoms with E-state index >= 15 is 0 Å². The number of piperidine rings is 1. The van der Waals surface area contributed by atoms with Crippen LogP contribution in [-0.4, -0.2) is 50.2 Å². The Morgan fingerprint density at radius 2 is 2.25 bits per heavy atom. The van der Waals surface area contributed by atoms with E-state index in [1.54, 1.807) is 12.6 Å². The lowest BCUT2D eigenvalue weighted by molar-refractivity contribution is 0.0501. The summed E-state index contributed by atoms with van der Waals surface area (Å²) in [6, 6.07) is 7.73. The van der Waals surface area contributed by atoms with Gasteiger partial charge in [0, 0.05) is 42.9 Å². The molecule has 0 saturated carbocycles. The number of benzene rings is 1. The second kappa shape index (κ2) is 6.90. The number of fused-ring (bicyclic) bond motifs is 2. The Hall–Kier alpha value is -2.94. The number of β-amino-alcohol motifs (C(OH)–C–C–N with tert-alkyl or cyclic N) is 1. The Bertz CT molecular complexity index is 1120. The Labute approximate surface area is 161 Å². The molecule has 0 radical (unpaired) electrons. The minimum Gasteiger partial charge on any atom is -0.464 e. The molecule has 0 aliphatic carbocycles. The molecule has 1 aliphatic rings. The van der Waals surface area contributed by atoms with Crippen LogP contribution in [0, 0.1) is 0 Å². The van der Waals surface area contributed by atoms with Gasteiger partial charge in [0.25, 0.3) is 0 Å². The molecule has 4 aromatic rings.